The van der Waals surface area contributed by atoms with E-state index in [1.54, 1.807) is 36.8 Å². The van der Waals surface area contributed by atoms with Crippen molar-refractivity contribution in [1.82, 2.24) is 18.9 Å². The Morgan fingerprint density at radius 3 is 2.52 bits per heavy atom. The smallest absolute Gasteiger partial charge is 0.247 e. The summed E-state index contributed by atoms with van der Waals surface area (Å²) in [7, 11) is -4.06. The molecule has 6 rings (SSSR count). The maximum atomic E-state index is 14.4. The first-order valence-electron chi connectivity index (χ1n) is 13.4. The van der Waals surface area contributed by atoms with Gasteiger partial charge in [0.2, 0.25) is 10.0 Å². The van der Waals surface area contributed by atoms with Gasteiger partial charge in [-0.05, 0) is 56.0 Å². The molecule has 0 amide bonds. The lowest BCUT2D eigenvalue weighted by Gasteiger charge is -2.23. The number of hydrogen-bond donors (Lipinski definition) is 1. The van der Waals surface area contributed by atoms with E-state index in [0.717, 1.165) is 17.4 Å². The number of nitriles is 1. The van der Waals surface area contributed by atoms with Crippen molar-refractivity contribution in [2.75, 3.05) is 37.7 Å². The number of sulfonamides is 1. The fraction of sp³-hybridized carbons (Fsp3) is 0.345. The predicted octanol–water partition coefficient (Wildman–Crippen LogP) is 3.97. The molecule has 1 aromatic carbocycles. The minimum atomic E-state index is -4.06. The van der Waals surface area contributed by atoms with Gasteiger partial charge in [-0.3, -0.25) is 0 Å². The molecule has 2 aliphatic heterocycles. The maximum absolute atomic E-state index is 14.4. The highest BCUT2D eigenvalue weighted by Gasteiger charge is 2.45. The highest BCUT2D eigenvalue weighted by Crippen LogP contribution is 2.38. The van der Waals surface area contributed by atoms with Crippen LogP contribution >= 0.6 is 11.6 Å². The average molecular weight is 611 g/mol. The maximum Gasteiger partial charge on any atom is 0.247 e. The van der Waals surface area contributed by atoms with Crippen LogP contribution in [0.4, 0.5) is 10.2 Å². The molecule has 10 nitrogen and oxygen atoms in total. The molecule has 2 atom stereocenters. The summed E-state index contributed by atoms with van der Waals surface area (Å²) in [4.78, 5) is 6.35. The van der Waals surface area contributed by atoms with Crippen molar-refractivity contribution >= 4 is 33.0 Å². The summed E-state index contributed by atoms with van der Waals surface area (Å²) < 4.78 is 49.5. The molecular weight excluding hydrogens is 583 g/mol. The van der Waals surface area contributed by atoms with E-state index in [0.29, 0.717) is 35.5 Å². The summed E-state index contributed by atoms with van der Waals surface area (Å²) in [5.74, 6) is 0.524. The summed E-state index contributed by atoms with van der Waals surface area (Å²) in [5.41, 5.74) is 1.47. The molecule has 0 saturated carbocycles. The molecule has 2 saturated heterocycles. The van der Waals surface area contributed by atoms with Gasteiger partial charge in [-0.2, -0.15) is 14.7 Å². The quantitative estimate of drug-likeness (QED) is 0.333. The van der Waals surface area contributed by atoms with Gasteiger partial charge in [0.15, 0.2) is 0 Å². The van der Waals surface area contributed by atoms with Gasteiger partial charge in [0.25, 0.3) is 0 Å². The third-order valence-corrected chi connectivity index (χ3v) is 9.99. The number of benzene rings is 1. The van der Waals surface area contributed by atoms with Crippen LogP contribution in [-0.4, -0.2) is 70.8 Å². The van der Waals surface area contributed by atoms with E-state index >= 15 is 0 Å². The zero-order valence-corrected chi connectivity index (χ0v) is 24.5. The van der Waals surface area contributed by atoms with Gasteiger partial charge in [-0.25, -0.2) is 22.3 Å². The topological polar surface area (TPSA) is 124 Å². The van der Waals surface area contributed by atoms with E-state index in [1.165, 1.54) is 22.6 Å². The van der Waals surface area contributed by atoms with Crippen LogP contribution in [0.25, 0.3) is 16.6 Å². The van der Waals surface area contributed by atoms with Gasteiger partial charge in [0.05, 0.1) is 34.1 Å². The first kappa shape index (κ1) is 28.4. The van der Waals surface area contributed by atoms with Crippen LogP contribution in [0.15, 0.2) is 59.9 Å². The van der Waals surface area contributed by atoms with Crippen LogP contribution < -0.4 is 9.64 Å². The largest absolute Gasteiger partial charge is 0.489 e. The Kier molecular flexibility index (Phi) is 7.09. The van der Waals surface area contributed by atoms with Gasteiger partial charge in [0.1, 0.15) is 35.0 Å². The van der Waals surface area contributed by atoms with Crippen LogP contribution in [0.3, 0.4) is 0 Å². The first-order valence-corrected chi connectivity index (χ1v) is 15.2. The molecule has 1 N–H and O–H groups in total. The number of nitrogens with zero attached hydrogens (tertiary/aromatic N) is 6. The Morgan fingerprint density at radius 2 is 1.90 bits per heavy atom. The number of fused-ring (bicyclic) bond motifs is 2. The molecule has 2 fully saturated rings. The van der Waals surface area contributed by atoms with Crippen molar-refractivity contribution in [3.05, 3.63) is 71.4 Å². The number of aliphatic hydroxyl groups is 1. The van der Waals surface area contributed by atoms with Gasteiger partial charge >= 0.3 is 0 Å². The number of hydrogen-bond acceptors (Lipinski definition) is 8. The third-order valence-electron chi connectivity index (χ3n) is 7.65. The molecular formula is C29H28ClFN6O4S. The molecule has 5 heterocycles. The lowest BCUT2D eigenvalue weighted by molar-refractivity contribution is 0.0283. The van der Waals surface area contributed by atoms with Crippen molar-refractivity contribution in [3.63, 3.8) is 0 Å². The Morgan fingerprint density at radius 1 is 1.17 bits per heavy atom. The zero-order chi connectivity index (χ0) is 29.8. The van der Waals surface area contributed by atoms with Crippen molar-refractivity contribution in [3.8, 4) is 22.9 Å². The SMILES string of the molecule is CC(C)(O)COc1cc(-c2ccc(N3C[C@@H]4CN(S(=O)(=O)c5c(F)cccc5Cl)C[C@@H]4C3)nc2)c2c(C#N)cnn2c1. The average Bonchev–Trinajstić information content (AvgIpc) is 3.65. The van der Waals surface area contributed by atoms with E-state index in [2.05, 4.69) is 16.1 Å². The second-order valence-electron chi connectivity index (χ2n) is 11.4. The summed E-state index contributed by atoms with van der Waals surface area (Å²) in [6.45, 7) is 5.15. The first-order chi connectivity index (χ1) is 19.9. The molecule has 42 heavy (non-hydrogen) atoms. The van der Waals surface area contributed by atoms with Crippen molar-refractivity contribution in [1.29, 1.82) is 5.26 Å². The number of ether oxygens (including phenoxy) is 1. The monoisotopic (exact) mass is 610 g/mol. The Hall–Kier alpha value is -3.76. The fourth-order valence-corrected chi connectivity index (χ4v) is 7.78. The Balaban J connectivity index is 1.21. The van der Waals surface area contributed by atoms with E-state index in [1.807, 2.05) is 12.1 Å². The number of aromatic nitrogens is 3. The summed E-state index contributed by atoms with van der Waals surface area (Å²) in [6.07, 6.45) is 4.89. The fourth-order valence-electron chi connectivity index (χ4n) is 5.66. The molecule has 0 unspecified atom stereocenters. The third kappa shape index (κ3) is 5.18. The van der Waals surface area contributed by atoms with Crippen molar-refractivity contribution in [2.24, 2.45) is 11.8 Å². The Labute approximate surface area is 247 Å². The predicted molar refractivity (Wildman–Crippen MR) is 154 cm³/mol. The molecule has 0 aliphatic carbocycles. The van der Waals surface area contributed by atoms with E-state index in [9.17, 15) is 23.2 Å². The molecule has 2 aliphatic rings. The van der Waals surface area contributed by atoms with Crippen molar-refractivity contribution in [2.45, 2.75) is 24.3 Å². The van der Waals surface area contributed by atoms with Gasteiger partial charge < -0.3 is 14.7 Å². The number of pyridine rings is 2. The summed E-state index contributed by atoms with van der Waals surface area (Å²) in [5, 5.41) is 23.9. The van der Waals surface area contributed by atoms with Gasteiger partial charge in [0, 0.05) is 43.5 Å². The lowest BCUT2D eigenvalue weighted by Crippen LogP contribution is -2.34. The number of anilines is 1. The molecule has 218 valence electrons. The zero-order valence-electron chi connectivity index (χ0n) is 22.9. The van der Waals surface area contributed by atoms with Crippen LogP contribution in [-0.2, 0) is 10.0 Å². The summed E-state index contributed by atoms with van der Waals surface area (Å²) in [6, 6.07) is 11.7. The van der Waals surface area contributed by atoms with Crippen LogP contribution in [0.1, 0.15) is 19.4 Å². The van der Waals surface area contributed by atoms with E-state index in [-0.39, 0.29) is 36.6 Å². The Bertz CT molecular complexity index is 1780. The van der Waals surface area contributed by atoms with E-state index in [4.69, 9.17) is 21.3 Å². The van der Waals surface area contributed by atoms with Crippen LogP contribution in [0.5, 0.6) is 5.75 Å². The lowest BCUT2D eigenvalue weighted by atomic mass is 10.0. The second kappa shape index (κ2) is 10.5. The van der Waals surface area contributed by atoms with Crippen LogP contribution in [0, 0.1) is 29.0 Å². The molecule has 0 spiro atoms. The minimum absolute atomic E-state index is 0.0704. The highest BCUT2D eigenvalue weighted by atomic mass is 35.5. The molecule has 3 aromatic heterocycles. The summed E-state index contributed by atoms with van der Waals surface area (Å²) >= 11 is 6.06. The molecule has 13 heteroatoms. The molecule has 0 bridgehead atoms. The van der Waals surface area contributed by atoms with Gasteiger partial charge in [-0.15, -0.1) is 0 Å². The van der Waals surface area contributed by atoms with Crippen molar-refractivity contribution < 1.29 is 22.7 Å². The normalized spacial score (nSPS) is 19.3. The number of halogens is 2. The number of rotatable bonds is 7. The van der Waals surface area contributed by atoms with Gasteiger partial charge in [-0.1, -0.05) is 17.7 Å². The molecule has 0 radical (unpaired) electrons. The standard InChI is InChI=1S/C29H28ClFN6O4S/c1-29(2,38)17-41-22-8-23(27-19(9-32)11-34-37(27)16-22)18-6-7-26(33-10-18)35-12-20-14-36(15-21(20)13-35)42(39,40)28-24(30)4-3-5-25(28)31/h3-8,10-11,16,20-21,38H,12-15,17H2,1-2H3/t20-,21+. The van der Waals surface area contributed by atoms with Crippen LogP contribution in [0.2, 0.25) is 5.02 Å². The second-order valence-corrected chi connectivity index (χ2v) is 13.6. The molecule has 4 aromatic rings. The van der Waals surface area contributed by atoms with E-state index < -0.39 is 26.3 Å². The minimum Gasteiger partial charge on any atom is -0.489 e. The highest BCUT2D eigenvalue weighted by molar-refractivity contribution is 7.89.